The van der Waals surface area contributed by atoms with Gasteiger partial charge in [-0.15, -0.1) is 0 Å². The van der Waals surface area contributed by atoms with Crippen molar-refractivity contribution < 1.29 is 9.53 Å². The molecular weight excluding hydrogens is 154 g/mol. The van der Waals surface area contributed by atoms with Gasteiger partial charge in [0.2, 0.25) is 0 Å². The normalized spacial score (nSPS) is 9.83. The van der Waals surface area contributed by atoms with Gasteiger partial charge in [-0.2, -0.15) is 0 Å². The van der Waals surface area contributed by atoms with Crippen molar-refractivity contribution in [3.8, 4) is 0 Å². The van der Waals surface area contributed by atoms with Gasteiger partial charge in [-0.05, 0) is 13.0 Å². The van der Waals surface area contributed by atoms with Crippen molar-refractivity contribution in [3.63, 3.8) is 0 Å². The van der Waals surface area contributed by atoms with Crippen LogP contribution in [0.3, 0.4) is 0 Å². The fourth-order valence-electron chi connectivity index (χ4n) is 0.766. The Morgan fingerprint density at radius 1 is 1.33 bits per heavy atom. The lowest BCUT2D eigenvalue weighted by Gasteiger charge is -2.04. The highest BCUT2D eigenvalue weighted by Gasteiger charge is 1.95. The molecule has 0 aromatic carbocycles. The first-order valence-corrected chi connectivity index (χ1v) is 4.67. The van der Waals surface area contributed by atoms with Crippen LogP contribution in [0.1, 0.15) is 33.1 Å². The Morgan fingerprint density at radius 3 is 2.67 bits per heavy atom. The molecule has 1 N–H and O–H groups in total. The van der Waals surface area contributed by atoms with E-state index in [2.05, 4.69) is 12.2 Å². The number of esters is 1. The molecule has 3 nitrogen and oxygen atoms in total. The number of ether oxygens (including phenoxy) is 1. The zero-order chi connectivity index (χ0) is 9.23. The van der Waals surface area contributed by atoms with E-state index in [1.165, 1.54) is 12.8 Å². The maximum absolute atomic E-state index is 10.7. The van der Waals surface area contributed by atoms with Crippen molar-refractivity contribution >= 4 is 5.97 Å². The minimum atomic E-state index is -0.118. The average Bonchev–Trinajstić information content (AvgIpc) is 2.10. The molecule has 0 rings (SSSR count). The summed E-state index contributed by atoms with van der Waals surface area (Å²) >= 11 is 0. The van der Waals surface area contributed by atoms with Gasteiger partial charge in [-0.3, -0.25) is 4.79 Å². The summed E-state index contributed by atoms with van der Waals surface area (Å²) in [5.74, 6) is -0.118. The second-order valence-corrected chi connectivity index (χ2v) is 2.68. The summed E-state index contributed by atoms with van der Waals surface area (Å²) in [5, 5.41) is 3.19. The highest BCUT2D eigenvalue weighted by Crippen LogP contribution is 1.84. The van der Waals surface area contributed by atoms with Crippen molar-refractivity contribution in [1.82, 2.24) is 5.32 Å². The number of nitrogens with one attached hydrogen (secondary N) is 1. The number of rotatable bonds is 7. The van der Waals surface area contributed by atoms with E-state index in [9.17, 15) is 4.79 Å². The molecule has 0 aliphatic carbocycles. The molecular formula is C9H19NO2. The Morgan fingerprint density at radius 2 is 2.08 bits per heavy atom. The molecule has 0 saturated heterocycles. The standard InChI is InChI=1S/C9H19NO2/c1-3-5-6-10-7-8-12-9(11)4-2/h10H,3-8H2,1-2H3. The van der Waals surface area contributed by atoms with E-state index in [1.807, 2.05) is 0 Å². The Hall–Kier alpha value is -0.570. The van der Waals surface area contributed by atoms with Gasteiger partial charge < -0.3 is 10.1 Å². The first-order valence-electron chi connectivity index (χ1n) is 4.67. The van der Waals surface area contributed by atoms with Gasteiger partial charge in [0.25, 0.3) is 0 Å². The molecule has 0 aliphatic heterocycles. The van der Waals surface area contributed by atoms with Crippen LogP contribution in [0.15, 0.2) is 0 Å². The highest BCUT2D eigenvalue weighted by atomic mass is 16.5. The Bertz CT molecular complexity index is 115. The lowest BCUT2D eigenvalue weighted by atomic mass is 10.3. The van der Waals surface area contributed by atoms with Gasteiger partial charge >= 0.3 is 5.97 Å². The van der Waals surface area contributed by atoms with Crippen molar-refractivity contribution in [2.24, 2.45) is 0 Å². The van der Waals surface area contributed by atoms with Crippen LogP contribution >= 0.6 is 0 Å². The monoisotopic (exact) mass is 173 g/mol. The third-order valence-electron chi connectivity index (χ3n) is 1.54. The average molecular weight is 173 g/mol. The molecule has 0 aromatic rings. The molecule has 0 amide bonds. The molecule has 0 atom stereocenters. The van der Waals surface area contributed by atoms with Crippen molar-refractivity contribution in [3.05, 3.63) is 0 Å². The molecule has 72 valence electrons. The van der Waals surface area contributed by atoms with Crippen LogP contribution < -0.4 is 5.32 Å². The minimum absolute atomic E-state index is 0.118. The van der Waals surface area contributed by atoms with Crippen LogP contribution in [-0.4, -0.2) is 25.7 Å². The summed E-state index contributed by atoms with van der Waals surface area (Å²) in [6, 6.07) is 0. The van der Waals surface area contributed by atoms with E-state index in [-0.39, 0.29) is 5.97 Å². The third-order valence-corrected chi connectivity index (χ3v) is 1.54. The second-order valence-electron chi connectivity index (χ2n) is 2.68. The van der Waals surface area contributed by atoms with Gasteiger partial charge in [0.05, 0.1) is 0 Å². The molecule has 0 spiro atoms. The van der Waals surface area contributed by atoms with Gasteiger partial charge in [-0.1, -0.05) is 20.3 Å². The van der Waals surface area contributed by atoms with Crippen LogP contribution in [0.4, 0.5) is 0 Å². The molecule has 0 fully saturated rings. The number of hydrogen-bond acceptors (Lipinski definition) is 3. The van der Waals surface area contributed by atoms with Crippen molar-refractivity contribution in [2.45, 2.75) is 33.1 Å². The maximum Gasteiger partial charge on any atom is 0.305 e. The van der Waals surface area contributed by atoms with Crippen LogP contribution in [0.2, 0.25) is 0 Å². The summed E-state index contributed by atoms with van der Waals surface area (Å²) in [7, 11) is 0. The number of carbonyl (C=O) groups is 1. The van der Waals surface area contributed by atoms with E-state index in [0.717, 1.165) is 13.1 Å². The lowest BCUT2D eigenvalue weighted by molar-refractivity contribution is -0.143. The molecule has 12 heavy (non-hydrogen) atoms. The molecule has 0 heterocycles. The molecule has 0 radical (unpaired) electrons. The molecule has 0 aliphatic rings. The van der Waals surface area contributed by atoms with E-state index >= 15 is 0 Å². The van der Waals surface area contributed by atoms with Gasteiger partial charge in [-0.25, -0.2) is 0 Å². The Kier molecular flexibility index (Phi) is 8.12. The van der Waals surface area contributed by atoms with Crippen LogP contribution in [0, 0.1) is 0 Å². The van der Waals surface area contributed by atoms with Crippen LogP contribution in [0.25, 0.3) is 0 Å². The molecule has 0 aromatic heterocycles. The lowest BCUT2D eigenvalue weighted by Crippen LogP contribution is -2.22. The first kappa shape index (κ1) is 11.4. The molecule has 3 heteroatoms. The molecule has 0 saturated carbocycles. The predicted molar refractivity (Wildman–Crippen MR) is 49.0 cm³/mol. The first-order chi connectivity index (χ1) is 5.81. The van der Waals surface area contributed by atoms with E-state index in [0.29, 0.717) is 13.0 Å². The quantitative estimate of drug-likeness (QED) is 0.466. The van der Waals surface area contributed by atoms with E-state index < -0.39 is 0 Å². The summed E-state index contributed by atoms with van der Waals surface area (Å²) in [4.78, 5) is 10.7. The largest absolute Gasteiger partial charge is 0.464 e. The van der Waals surface area contributed by atoms with Gasteiger partial charge in [0.1, 0.15) is 6.61 Å². The number of hydrogen-bond donors (Lipinski definition) is 1. The summed E-state index contributed by atoms with van der Waals surface area (Å²) in [6.45, 7) is 6.23. The number of unbranched alkanes of at least 4 members (excludes halogenated alkanes) is 1. The van der Waals surface area contributed by atoms with E-state index in [4.69, 9.17) is 4.74 Å². The SMILES string of the molecule is CCCCNCCOC(=O)CC. The topological polar surface area (TPSA) is 38.3 Å². The summed E-state index contributed by atoms with van der Waals surface area (Å²) in [5.41, 5.74) is 0. The van der Waals surface area contributed by atoms with Crippen LogP contribution in [0.5, 0.6) is 0 Å². The second kappa shape index (κ2) is 8.53. The Balaban J connectivity index is 2.95. The summed E-state index contributed by atoms with van der Waals surface area (Å²) in [6.07, 6.45) is 2.85. The Labute approximate surface area is 74.5 Å². The van der Waals surface area contributed by atoms with Gasteiger partial charge in [0.15, 0.2) is 0 Å². The fourth-order valence-corrected chi connectivity index (χ4v) is 0.766. The molecule has 0 bridgehead atoms. The highest BCUT2D eigenvalue weighted by molar-refractivity contribution is 5.68. The fraction of sp³-hybridized carbons (Fsp3) is 0.889. The minimum Gasteiger partial charge on any atom is -0.464 e. The predicted octanol–water partition coefficient (Wildman–Crippen LogP) is 1.33. The number of carbonyl (C=O) groups excluding carboxylic acids is 1. The van der Waals surface area contributed by atoms with Crippen molar-refractivity contribution in [2.75, 3.05) is 19.7 Å². The zero-order valence-corrected chi connectivity index (χ0v) is 8.06. The van der Waals surface area contributed by atoms with Crippen LogP contribution in [-0.2, 0) is 9.53 Å². The smallest absolute Gasteiger partial charge is 0.305 e. The maximum atomic E-state index is 10.7. The van der Waals surface area contributed by atoms with E-state index in [1.54, 1.807) is 6.92 Å². The van der Waals surface area contributed by atoms with Crippen molar-refractivity contribution in [1.29, 1.82) is 0 Å². The third kappa shape index (κ3) is 7.54. The summed E-state index contributed by atoms with van der Waals surface area (Å²) < 4.78 is 4.87. The molecule has 0 unspecified atom stereocenters. The van der Waals surface area contributed by atoms with Gasteiger partial charge in [0, 0.05) is 13.0 Å². The zero-order valence-electron chi connectivity index (χ0n) is 8.06.